The van der Waals surface area contributed by atoms with Gasteiger partial charge in [-0.1, -0.05) is 29.8 Å². The molecule has 2 aromatic rings. The number of esters is 1. The van der Waals surface area contributed by atoms with Crippen molar-refractivity contribution >= 4 is 29.5 Å². The third kappa shape index (κ3) is 7.18. The zero-order valence-corrected chi connectivity index (χ0v) is 18.5. The topological polar surface area (TPSA) is 103 Å². The molecule has 0 fully saturated rings. The van der Waals surface area contributed by atoms with Crippen LogP contribution in [0.5, 0.6) is 11.5 Å². The summed E-state index contributed by atoms with van der Waals surface area (Å²) in [4.78, 5) is 36.0. The van der Waals surface area contributed by atoms with Crippen LogP contribution < -0.4 is 20.1 Å². The van der Waals surface area contributed by atoms with Gasteiger partial charge in [-0.2, -0.15) is 0 Å². The number of hydrogen-bond donors (Lipinski definition) is 2. The van der Waals surface area contributed by atoms with Gasteiger partial charge in [0.15, 0.2) is 17.6 Å². The van der Waals surface area contributed by atoms with E-state index < -0.39 is 24.0 Å². The summed E-state index contributed by atoms with van der Waals surface area (Å²) < 4.78 is 16.2. The zero-order chi connectivity index (χ0) is 23.0. The molecule has 0 aliphatic rings. The molecule has 1 unspecified atom stereocenters. The van der Waals surface area contributed by atoms with Gasteiger partial charge in [0, 0.05) is 16.6 Å². The Kier molecular flexibility index (Phi) is 8.69. The van der Waals surface area contributed by atoms with E-state index in [1.54, 1.807) is 26.0 Å². The number of halogens is 1. The second kappa shape index (κ2) is 11.2. The van der Waals surface area contributed by atoms with Crippen molar-refractivity contribution in [3.05, 3.63) is 58.6 Å². The summed E-state index contributed by atoms with van der Waals surface area (Å²) in [5.41, 5.74) is 0.962. The number of ether oxygens (including phenoxy) is 3. The zero-order valence-electron chi connectivity index (χ0n) is 17.7. The second-order valence-corrected chi connectivity index (χ2v) is 7.32. The summed E-state index contributed by atoms with van der Waals surface area (Å²) in [5.74, 6) is -0.758. The van der Waals surface area contributed by atoms with E-state index in [0.29, 0.717) is 16.5 Å². The highest BCUT2D eigenvalue weighted by atomic mass is 35.5. The summed E-state index contributed by atoms with van der Waals surface area (Å²) in [7, 11) is 1.44. The number of benzene rings is 2. The van der Waals surface area contributed by atoms with Crippen LogP contribution in [0.25, 0.3) is 0 Å². The number of nitrogens with one attached hydrogen (secondary N) is 2. The predicted octanol–water partition coefficient (Wildman–Crippen LogP) is 3.71. The van der Waals surface area contributed by atoms with Crippen molar-refractivity contribution in [2.75, 3.05) is 7.11 Å². The Balaban J connectivity index is 2.00. The molecule has 9 heteroatoms. The van der Waals surface area contributed by atoms with E-state index in [2.05, 4.69) is 10.6 Å². The first-order chi connectivity index (χ1) is 14.7. The van der Waals surface area contributed by atoms with Crippen molar-refractivity contribution in [2.24, 2.45) is 0 Å². The highest BCUT2D eigenvalue weighted by Crippen LogP contribution is 2.30. The highest BCUT2D eigenvalue weighted by Gasteiger charge is 2.22. The van der Waals surface area contributed by atoms with Crippen molar-refractivity contribution in [1.82, 2.24) is 10.6 Å². The predicted molar refractivity (Wildman–Crippen MR) is 115 cm³/mol. The van der Waals surface area contributed by atoms with Crippen molar-refractivity contribution in [2.45, 2.75) is 39.5 Å². The van der Waals surface area contributed by atoms with Gasteiger partial charge in [0.05, 0.1) is 12.7 Å². The number of hydrogen-bond acceptors (Lipinski definition) is 6. The van der Waals surface area contributed by atoms with E-state index in [9.17, 15) is 14.4 Å². The third-order valence-corrected chi connectivity index (χ3v) is 4.42. The minimum absolute atomic E-state index is 0.142. The van der Waals surface area contributed by atoms with Crippen LogP contribution in [-0.2, 0) is 16.1 Å². The van der Waals surface area contributed by atoms with Gasteiger partial charge in [0.2, 0.25) is 0 Å². The van der Waals surface area contributed by atoms with Crippen LogP contribution in [0, 0.1) is 0 Å². The van der Waals surface area contributed by atoms with Crippen LogP contribution in [0.3, 0.4) is 0 Å². The fraction of sp³-hybridized carbons (Fsp3) is 0.318. The molecule has 2 aromatic carbocycles. The monoisotopic (exact) mass is 448 g/mol. The number of carbonyl (C=O) groups excluding carboxylic acids is 3. The number of rotatable bonds is 8. The van der Waals surface area contributed by atoms with Crippen molar-refractivity contribution in [3.63, 3.8) is 0 Å². The molecule has 8 nitrogen and oxygen atoms in total. The highest BCUT2D eigenvalue weighted by molar-refractivity contribution is 6.31. The number of amides is 3. The Morgan fingerprint density at radius 1 is 1.03 bits per heavy atom. The van der Waals surface area contributed by atoms with E-state index in [1.807, 2.05) is 18.2 Å². The lowest BCUT2D eigenvalue weighted by Crippen LogP contribution is -2.46. The third-order valence-electron chi connectivity index (χ3n) is 4.05. The largest absolute Gasteiger partial charge is 0.493 e. The minimum Gasteiger partial charge on any atom is -0.493 e. The molecule has 1 atom stereocenters. The molecule has 0 heterocycles. The Bertz CT molecular complexity index is 947. The molecule has 0 saturated heterocycles. The van der Waals surface area contributed by atoms with Gasteiger partial charge >= 0.3 is 12.0 Å². The smallest absolute Gasteiger partial charge is 0.339 e. The molecular formula is C22H25ClN2O6. The van der Waals surface area contributed by atoms with E-state index in [4.69, 9.17) is 25.8 Å². The Morgan fingerprint density at radius 2 is 1.74 bits per heavy atom. The number of methoxy groups -OCH3 is 1. The molecule has 0 spiro atoms. The van der Waals surface area contributed by atoms with Crippen LogP contribution in [0.15, 0.2) is 42.5 Å². The van der Waals surface area contributed by atoms with E-state index >= 15 is 0 Å². The SMILES string of the molecule is COc1cc(C(=O)OC(C)C(=O)NC(=O)NC(C)C)ccc1OCc1ccccc1Cl. The molecule has 0 saturated carbocycles. The number of urea groups is 1. The van der Waals surface area contributed by atoms with Crippen LogP contribution >= 0.6 is 11.6 Å². The summed E-state index contributed by atoms with van der Waals surface area (Å²) in [6.07, 6.45) is -1.17. The summed E-state index contributed by atoms with van der Waals surface area (Å²) in [6.45, 7) is 5.09. The molecule has 3 amide bonds. The fourth-order valence-electron chi connectivity index (χ4n) is 2.48. The van der Waals surface area contributed by atoms with Crippen molar-refractivity contribution in [1.29, 1.82) is 0 Å². The summed E-state index contributed by atoms with van der Waals surface area (Å²) in [5, 5.41) is 5.21. The Labute approximate surface area is 185 Å². The molecule has 0 radical (unpaired) electrons. The van der Waals surface area contributed by atoms with Crippen LogP contribution in [0.4, 0.5) is 4.79 Å². The van der Waals surface area contributed by atoms with E-state index in [-0.39, 0.29) is 18.2 Å². The number of carbonyl (C=O) groups is 3. The Hall–Kier alpha value is -3.26. The van der Waals surface area contributed by atoms with Crippen molar-refractivity contribution < 1.29 is 28.6 Å². The van der Waals surface area contributed by atoms with Gasteiger partial charge in [-0.3, -0.25) is 10.1 Å². The molecule has 0 aliphatic heterocycles. The van der Waals surface area contributed by atoms with Crippen LogP contribution in [0.1, 0.15) is 36.7 Å². The maximum Gasteiger partial charge on any atom is 0.339 e. The summed E-state index contributed by atoms with van der Waals surface area (Å²) >= 11 is 6.13. The quantitative estimate of drug-likeness (QED) is 0.597. The van der Waals surface area contributed by atoms with Gasteiger partial charge in [-0.05, 0) is 45.0 Å². The minimum atomic E-state index is -1.17. The molecule has 0 aliphatic carbocycles. The normalized spacial score (nSPS) is 11.4. The number of imide groups is 1. The second-order valence-electron chi connectivity index (χ2n) is 6.91. The first-order valence-electron chi connectivity index (χ1n) is 9.57. The molecule has 2 rings (SSSR count). The van der Waals surface area contributed by atoms with E-state index in [1.165, 1.54) is 26.2 Å². The van der Waals surface area contributed by atoms with Gasteiger partial charge in [-0.25, -0.2) is 9.59 Å². The van der Waals surface area contributed by atoms with Crippen LogP contribution in [-0.4, -0.2) is 37.2 Å². The fourth-order valence-corrected chi connectivity index (χ4v) is 2.67. The van der Waals surface area contributed by atoms with Crippen molar-refractivity contribution in [3.8, 4) is 11.5 Å². The first kappa shape index (κ1) is 24.0. The molecular weight excluding hydrogens is 424 g/mol. The van der Waals surface area contributed by atoms with Gasteiger partial charge in [0.25, 0.3) is 5.91 Å². The average molecular weight is 449 g/mol. The van der Waals surface area contributed by atoms with Gasteiger partial charge in [-0.15, -0.1) is 0 Å². The summed E-state index contributed by atoms with van der Waals surface area (Å²) in [6, 6.07) is 11.0. The molecule has 2 N–H and O–H groups in total. The maximum atomic E-state index is 12.4. The molecule has 0 bridgehead atoms. The average Bonchev–Trinajstić information content (AvgIpc) is 2.72. The lowest BCUT2D eigenvalue weighted by Gasteiger charge is -2.15. The van der Waals surface area contributed by atoms with Crippen LogP contribution in [0.2, 0.25) is 5.02 Å². The molecule has 0 aromatic heterocycles. The standard InChI is InChI=1S/C22H25ClN2O6/c1-13(2)24-22(28)25-20(26)14(3)31-21(27)15-9-10-18(19(11-15)29-4)30-12-16-7-5-6-8-17(16)23/h5-11,13-14H,12H2,1-4H3,(H2,24,25,26,28). The first-order valence-corrected chi connectivity index (χ1v) is 9.95. The lowest BCUT2D eigenvalue weighted by atomic mass is 10.2. The molecule has 166 valence electrons. The van der Waals surface area contributed by atoms with E-state index in [0.717, 1.165) is 5.56 Å². The van der Waals surface area contributed by atoms with Gasteiger partial charge in [0.1, 0.15) is 6.61 Å². The molecule has 31 heavy (non-hydrogen) atoms. The Morgan fingerprint density at radius 3 is 2.39 bits per heavy atom. The lowest BCUT2D eigenvalue weighted by molar-refractivity contribution is -0.127. The van der Waals surface area contributed by atoms with Gasteiger partial charge < -0.3 is 19.5 Å². The maximum absolute atomic E-state index is 12.4.